The average Bonchev–Trinajstić information content (AvgIpc) is 2.83. The van der Waals surface area contributed by atoms with Crippen LogP contribution in [0.1, 0.15) is 29.0 Å². The van der Waals surface area contributed by atoms with E-state index in [1.165, 1.54) is 0 Å². The molecule has 4 nitrogen and oxygen atoms in total. The third-order valence-electron chi connectivity index (χ3n) is 6.10. The summed E-state index contributed by atoms with van der Waals surface area (Å²) in [7, 11) is 5.69. The van der Waals surface area contributed by atoms with Crippen LogP contribution in [-0.4, -0.2) is 42.7 Å². The Balaban J connectivity index is 2.00. The summed E-state index contributed by atoms with van der Waals surface area (Å²) in [5, 5.41) is 13.5. The number of hydrogen-bond acceptors (Lipinski definition) is 4. The molecule has 0 spiro atoms. The Kier molecular flexibility index (Phi) is 7.13. The van der Waals surface area contributed by atoms with E-state index >= 15 is 0 Å². The van der Waals surface area contributed by atoms with E-state index in [4.69, 9.17) is 9.72 Å². The fourth-order valence-electron chi connectivity index (χ4n) is 4.45. The van der Waals surface area contributed by atoms with Crippen LogP contribution in [0.25, 0.3) is 10.9 Å². The Morgan fingerprint density at radius 2 is 1.64 bits per heavy atom. The van der Waals surface area contributed by atoms with Crippen LogP contribution in [0, 0.1) is 0 Å². The normalized spacial score (nSPS) is 14.2. The number of fused-ring (bicyclic) bond motifs is 1. The minimum Gasteiger partial charge on any atom is -0.481 e. The van der Waals surface area contributed by atoms with Crippen molar-refractivity contribution in [1.82, 2.24) is 9.88 Å². The predicted molar refractivity (Wildman–Crippen MR) is 138 cm³/mol. The first-order valence-corrected chi connectivity index (χ1v) is 11.8. The van der Waals surface area contributed by atoms with Crippen LogP contribution in [0.2, 0.25) is 0 Å². The molecule has 33 heavy (non-hydrogen) atoms. The Labute approximate surface area is 204 Å². The molecule has 0 aliphatic rings. The highest BCUT2D eigenvalue weighted by molar-refractivity contribution is 9.10. The molecule has 1 heterocycles. The second-order valence-corrected chi connectivity index (χ2v) is 9.53. The lowest BCUT2D eigenvalue weighted by atomic mass is 9.71. The van der Waals surface area contributed by atoms with Gasteiger partial charge >= 0.3 is 0 Å². The molecule has 5 heteroatoms. The summed E-state index contributed by atoms with van der Waals surface area (Å²) in [6.07, 6.45) is 0.545. The number of benzene rings is 3. The predicted octanol–water partition coefficient (Wildman–Crippen LogP) is 5.98. The van der Waals surface area contributed by atoms with Crippen LogP contribution in [0.3, 0.4) is 0 Å². The van der Waals surface area contributed by atoms with E-state index < -0.39 is 5.60 Å². The lowest BCUT2D eigenvalue weighted by Gasteiger charge is -2.39. The molecule has 0 amide bonds. The molecule has 0 unspecified atom stereocenters. The number of aliphatic hydroxyl groups is 1. The third-order valence-corrected chi connectivity index (χ3v) is 6.59. The molecule has 0 saturated carbocycles. The third kappa shape index (κ3) is 4.96. The van der Waals surface area contributed by atoms with E-state index in [0.29, 0.717) is 12.3 Å². The van der Waals surface area contributed by atoms with Gasteiger partial charge in [0.25, 0.3) is 0 Å². The SMILES string of the molecule is COc1nc2ccc(Br)cc2cc1[C@@H](c1ccccc1)[C@@](O)(CCN(C)C)c1ccccc1. The minimum atomic E-state index is -1.18. The molecule has 4 rings (SSSR count). The molecular weight excluding hydrogens is 476 g/mol. The average molecular weight is 505 g/mol. The van der Waals surface area contributed by atoms with Gasteiger partial charge in [0.15, 0.2) is 0 Å². The number of ether oxygens (including phenoxy) is 1. The van der Waals surface area contributed by atoms with Crippen molar-refractivity contribution in [3.63, 3.8) is 0 Å². The van der Waals surface area contributed by atoms with Gasteiger partial charge in [-0.1, -0.05) is 76.6 Å². The highest BCUT2D eigenvalue weighted by atomic mass is 79.9. The second kappa shape index (κ2) is 10.0. The zero-order chi connectivity index (χ0) is 23.4. The van der Waals surface area contributed by atoms with Crippen molar-refractivity contribution in [3.05, 3.63) is 106 Å². The van der Waals surface area contributed by atoms with Gasteiger partial charge in [0.05, 0.1) is 12.6 Å². The van der Waals surface area contributed by atoms with E-state index in [1.54, 1.807) is 7.11 Å². The molecule has 0 aliphatic heterocycles. The molecule has 0 radical (unpaired) electrons. The largest absolute Gasteiger partial charge is 0.481 e. The highest BCUT2D eigenvalue weighted by Gasteiger charge is 2.42. The molecule has 3 aromatic carbocycles. The summed E-state index contributed by atoms with van der Waals surface area (Å²) in [6.45, 7) is 0.726. The van der Waals surface area contributed by atoms with E-state index in [1.807, 2.05) is 74.8 Å². The number of halogens is 1. The molecule has 0 saturated heterocycles. The molecule has 0 aliphatic carbocycles. The fourth-order valence-corrected chi connectivity index (χ4v) is 4.83. The van der Waals surface area contributed by atoms with Crippen LogP contribution in [0.15, 0.2) is 89.4 Å². The second-order valence-electron chi connectivity index (χ2n) is 8.61. The zero-order valence-corrected chi connectivity index (χ0v) is 20.8. The molecular formula is C28H29BrN2O2. The van der Waals surface area contributed by atoms with Gasteiger partial charge in [-0.05, 0) is 55.9 Å². The molecule has 4 aromatic rings. The van der Waals surface area contributed by atoms with Gasteiger partial charge in [0, 0.05) is 27.9 Å². The maximum absolute atomic E-state index is 12.5. The van der Waals surface area contributed by atoms with Gasteiger partial charge < -0.3 is 14.7 Å². The fraction of sp³-hybridized carbons (Fsp3) is 0.250. The monoisotopic (exact) mass is 504 g/mol. The van der Waals surface area contributed by atoms with Crippen LogP contribution >= 0.6 is 15.9 Å². The van der Waals surface area contributed by atoms with Gasteiger partial charge in [0.1, 0.15) is 5.60 Å². The Morgan fingerprint density at radius 3 is 2.27 bits per heavy atom. The number of hydrogen-bond donors (Lipinski definition) is 1. The number of nitrogens with zero attached hydrogens (tertiary/aromatic N) is 2. The molecule has 2 atom stereocenters. The van der Waals surface area contributed by atoms with Gasteiger partial charge in [-0.2, -0.15) is 0 Å². The smallest absolute Gasteiger partial charge is 0.217 e. The first-order valence-electron chi connectivity index (χ1n) is 11.0. The first-order chi connectivity index (χ1) is 15.9. The number of pyridine rings is 1. The zero-order valence-electron chi connectivity index (χ0n) is 19.2. The van der Waals surface area contributed by atoms with Crippen molar-refractivity contribution in [2.24, 2.45) is 0 Å². The van der Waals surface area contributed by atoms with Crippen molar-refractivity contribution in [1.29, 1.82) is 0 Å². The van der Waals surface area contributed by atoms with Gasteiger partial charge in [-0.3, -0.25) is 0 Å². The van der Waals surface area contributed by atoms with Crippen LogP contribution in [0.4, 0.5) is 0 Å². The summed E-state index contributed by atoms with van der Waals surface area (Å²) in [4.78, 5) is 6.92. The van der Waals surface area contributed by atoms with Crippen molar-refractivity contribution in [2.75, 3.05) is 27.7 Å². The standard InChI is InChI=1S/C28H29BrN2O2/c1-31(2)17-16-28(32,22-12-8-5-9-13-22)26(20-10-6-4-7-11-20)24-19-21-18-23(29)14-15-25(21)30-27(24)33-3/h4-15,18-19,26,32H,16-17H2,1-3H3/t26-,28-/m1/s1. The lowest BCUT2D eigenvalue weighted by Crippen LogP contribution is -2.37. The minimum absolute atomic E-state index is 0.383. The van der Waals surface area contributed by atoms with E-state index in [2.05, 4.69) is 45.1 Å². The van der Waals surface area contributed by atoms with Crippen molar-refractivity contribution in [3.8, 4) is 5.88 Å². The first kappa shape index (κ1) is 23.4. The maximum atomic E-state index is 12.5. The lowest BCUT2D eigenvalue weighted by molar-refractivity contribution is 0.00380. The Hall–Kier alpha value is -2.73. The molecule has 0 fully saturated rings. The number of rotatable bonds is 8. The van der Waals surface area contributed by atoms with Gasteiger partial charge in [0.2, 0.25) is 5.88 Å². The van der Waals surface area contributed by atoms with Gasteiger partial charge in [-0.25, -0.2) is 4.98 Å². The summed E-state index contributed by atoms with van der Waals surface area (Å²) >= 11 is 3.58. The molecule has 1 aromatic heterocycles. The van der Waals surface area contributed by atoms with Gasteiger partial charge in [-0.15, -0.1) is 0 Å². The topological polar surface area (TPSA) is 45.6 Å². The van der Waals surface area contributed by atoms with Crippen LogP contribution < -0.4 is 4.74 Å². The van der Waals surface area contributed by atoms with Crippen LogP contribution in [-0.2, 0) is 5.60 Å². The van der Waals surface area contributed by atoms with Crippen molar-refractivity contribution >= 4 is 26.8 Å². The quantitative estimate of drug-likeness (QED) is 0.320. The number of aromatic nitrogens is 1. The van der Waals surface area contributed by atoms with E-state index in [9.17, 15) is 5.11 Å². The maximum Gasteiger partial charge on any atom is 0.217 e. The van der Waals surface area contributed by atoms with Crippen LogP contribution in [0.5, 0.6) is 5.88 Å². The summed E-state index contributed by atoms with van der Waals surface area (Å²) in [5.74, 6) is 0.143. The summed E-state index contributed by atoms with van der Waals surface area (Å²) in [6, 6.07) is 28.2. The van der Waals surface area contributed by atoms with E-state index in [0.717, 1.165) is 38.6 Å². The molecule has 0 bridgehead atoms. The molecule has 1 N–H and O–H groups in total. The highest BCUT2D eigenvalue weighted by Crippen LogP contribution is 2.47. The van der Waals surface area contributed by atoms with E-state index in [-0.39, 0.29) is 5.92 Å². The summed E-state index contributed by atoms with van der Waals surface area (Å²) < 4.78 is 6.78. The van der Waals surface area contributed by atoms with Crippen molar-refractivity contribution < 1.29 is 9.84 Å². The Bertz CT molecular complexity index is 1210. The number of methoxy groups -OCH3 is 1. The Morgan fingerprint density at radius 1 is 0.970 bits per heavy atom. The summed E-state index contributed by atoms with van der Waals surface area (Å²) in [5.41, 5.74) is 2.41. The molecule has 170 valence electrons. The van der Waals surface area contributed by atoms with Crippen molar-refractivity contribution in [2.45, 2.75) is 17.9 Å².